The van der Waals surface area contributed by atoms with Crippen molar-refractivity contribution in [2.75, 3.05) is 5.73 Å². The summed E-state index contributed by atoms with van der Waals surface area (Å²) in [7, 11) is 0. The van der Waals surface area contributed by atoms with Crippen molar-refractivity contribution in [2.24, 2.45) is 4.99 Å². The number of nitrogen functional groups attached to an aromatic ring is 1. The summed E-state index contributed by atoms with van der Waals surface area (Å²) in [5.74, 6) is 1.01. The molecule has 0 fully saturated rings. The van der Waals surface area contributed by atoms with Crippen LogP contribution < -0.4 is 5.73 Å². The third-order valence-corrected chi connectivity index (χ3v) is 6.32. The van der Waals surface area contributed by atoms with E-state index in [1.54, 1.807) is 6.07 Å². The molecule has 3 heteroatoms. The number of para-hydroxylation sites is 1. The number of aromatic hydroxyl groups is 1. The number of hydrogen-bond donors (Lipinski definition) is 2. The van der Waals surface area contributed by atoms with Crippen molar-refractivity contribution in [3.63, 3.8) is 0 Å². The van der Waals surface area contributed by atoms with Crippen molar-refractivity contribution >= 4 is 17.1 Å². The Morgan fingerprint density at radius 3 is 2.03 bits per heavy atom. The summed E-state index contributed by atoms with van der Waals surface area (Å²) in [4.78, 5) is 5.08. The summed E-state index contributed by atoms with van der Waals surface area (Å²) in [5, 5.41) is 10.4. The standard InChI is InChI=1S/C30H38N2O/c1-8-27(24-11-9-10-12-28(24)33)32-30-21(7)14-23(17-26(30)19(4)5)15-22-13-20(6)29(31)25(16-22)18(2)3/h9-14,16-19,33H,8,15,31H2,1-7H3. The lowest BCUT2D eigenvalue weighted by atomic mass is 9.90. The minimum Gasteiger partial charge on any atom is -0.507 e. The van der Waals surface area contributed by atoms with Gasteiger partial charge in [0.2, 0.25) is 0 Å². The van der Waals surface area contributed by atoms with Crippen LogP contribution in [-0.4, -0.2) is 10.8 Å². The van der Waals surface area contributed by atoms with Crippen LogP contribution in [0.3, 0.4) is 0 Å². The highest BCUT2D eigenvalue weighted by Gasteiger charge is 2.15. The third-order valence-electron chi connectivity index (χ3n) is 6.32. The molecule has 0 atom stereocenters. The molecule has 174 valence electrons. The van der Waals surface area contributed by atoms with Crippen LogP contribution in [0.25, 0.3) is 0 Å². The van der Waals surface area contributed by atoms with Crippen molar-refractivity contribution in [3.05, 3.63) is 87.5 Å². The minimum atomic E-state index is 0.276. The van der Waals surface area contributed by atoms with Gasteiger partial charge in [-0.1, -0.05) is 71.0 Å². The lowest BCUT2D eigenvalue weighted by Crippen LogP contribution is -2.03. The summed E-state index contributed by atoms with van der Waals surface area (Å²) in [6.45, 7) is 15.1. The van der Waals surface area contributed by atoms with Gasteiger partial charge in [-0.15, -0.1) is 0 Å². The molecule has 0 unspecified atom stereocenters. The Hall–Kier alpha value is -3.07. The smallest absolute Gasteiger partial charge is 0.124 e. The first-order valence-corrected chi connectivity index (χ1v) is 12.0. The molecule has 0 aliphatic rings. The second kappa shape index (κ2) is 10.2. The maximum Gasteiger partial charge on any atom is 0.124 e. The number of phenols is 1. The van der Waals surface area contributed by atoms with E-state index in [0.29, 0.717) is 11.8 Å². The van der Waals surface area contributed by atoms with Gasteiger partial charge < -0.3 is 10.8 Å². The fourth-order valence-corrected chi connectivity index (χ4v) is 4.48. The predicted octanol–water partition coefficient (Wildman–Crippen LogP) is 7.96. The number of nitrogens with zero attached hydrogens (tertiary/aromatic N) is 1. The first-order chi connectivity index (χ1) is 15.6. The van der Waals surface area contributed by atoms with Crippen LogP contribution in [0.1, 0.15) is 91.8 Å². The fraction of sp³-hybridized carbons (Fsp3) is 0.367. The van der Waals surface area contributed by atoms with Gasteiger partial charge in [0.25, 0.3) is 0 Å². The van der Waals surface area contributed by atoms with Crippen LogP contribution in [0.5, 0.6) is 5.75 Å². The van der Waals surface area contributed by atoms with Crippen molar-refractivity contribution in [1.29, 1.82) is 0 Å². The van der Waals surface area contributed by atoms with Crippen LogP contribution in [0.4, 0.5) is 11.4 Å². The Kier molecular flexibility index (Phi) is 7.63. The molecule has 3 aromatic rings. The summed E-state index contributed by atoms with van der Waals surface area (Å²) >= 11 is 0. The summed E-state index contributed by atoms with van der Waals surface area (Å²) in [6, 6.07) is 16.5. The van der Waals surface area contributed by atoms with Crippen LogP contribution in [-0.2, 0) is 6.42 Å². The number of rotatable bonds is 7. The monoisotopic (exact) mass is 442 g/mol. The van der Waals surface area contributed by atoms with Crippen molar-refractivity contribution in [3.8, 4) is 5.75 Å². The molecule has 0 spiro atoms. The molecule has 0 heterocycles. The second-order valence-corrected chi connectivity index (χ2v) is 9.68. The number of benzene rings is 3. The fourth-order valence-electron chi connectivity index (χ4n) is 4.48. The van der Waals surface area contributed by atoms with Crippen molar-refractivity contribution < 1.29 is 5.11 Å². The molecule has 3 nitrogen and oxygen atoms in total. The summed E-state index contributed by atoms with van der Waals surface area (Å²) < 4.78 is 0. The molecule has 0 aliphatic heterocycles. The quantitative estimate of drug-likeness (QED) is 0.288. The highest BCUT2D eigenvalue weighted by molar-refractivity contribution is 6.04. The van der Waals surface area contributed by atoms with Crippen LogP contribution in [0.15, 0.2) is 53.5 Å². The van der Waals surface area contributed by atoms with E-state index in [1.807, 2.05) is 18.2 Å². The number of anilines is 1. The molecule has 33 heavy (non-hydrogen) atoms. The maximum absolute atomic E-state index is 10.4. The number of hydrogen-bond acceptors (Lipinski definition) is 3. The predicted molar refractivity (Wildman–Crippen MR) is 142 cm³/mol. The molecule has 3 rings (SSSR count). The van der Waals surface area contributed by atoms with Gasteiger partial charge >= 0.3 is 0 Å². The van der Waals surface area contributed by atoms with E-state index in [1.165, 1.54) is 22.3 Å². The van der Waals surface area contributed by atoms with Gasteiger partial charge in [0, 0.05) is 11.3 Å². The molecule has 0 saturated carbocycles. The van der Waals surface area contributed by atoms with Gasteiger partial charge in [0.05, 0.1) is 11.4 Å². The van der Waals surface area contributed by atoms with E-state index in [4.69, 9.17) is 10.7 Å². The molecule has 3 N–H and O–H groups in total. The maximum atomic E-state index is 10.4. The number of aliphatic imine (C=N–C) groups is 1. The average molecular weight is 443 g/mol. The zero-order valence-corrected chi connectivity index (χ0v) is 21.2. The minimum absolute atomic E-state index is 0.276. The first kappa shape index (κ1) is 24.6. The summed E-state index contributed by atoms with van der Waals surface area (Å²) in [6.07, 6.45) is 1.62. The average Bonchev–Trinajstić information content (AvgIpc) is 2.75. The van der Waals surface area contributed by atoms with Crippen molar-refractivity contribution in [2.45, 2.75) is 73.1 Å². The lowest BCUT2D eigenvalue weighted by molar-refractivity contribution is 0.474. The van der Waals surface area contributed by atoms with Gasteiger partial charge in [0.15, 0.2) is 0 Å². The topological polar surface area (TPSA) is 58.6 Å². The van der Waals surface area contributed by atoms with Gasteiger partial charge in [-0.3, -0.25) is 4.99 Å². The van der Waals surface area contributed by atoms with Crippen LogP contribution in [0.2, 0.25) is 0 Å². The Bertz CT molecular complexity index is 1170. The highest BCUT2D eigenvalue weighted by atomic mass is 16.3. The van der Waals surface area contributed by atoms with E-state index < -0.39 is 0 Å². The third kappa shape index (κ3) is 5.47. The lowest BCUT2D eigenvalue weighted by Gasteiger charge is -2.18. The molecular weight excluding hydrogens is 404 g/mol. The molecule has 0 bridgehead atoms. The van der Waals surface area contributed by atoms with Gasteiger partial charge in [0.1, 0.15) is 5.75 Å². The molecule has 0 saturated heterocycles. The van der Waals surface area contributed by atoms with E-state index in [9.17, 15) is 5.11 Å². The van der Waals surface area contributed by atoms with E-state index in [2.05, 4.69) is 72.7 Å². The second-order valence-electron chi connectivity index (χ2n) is 9.68. The van der Waals surface area contributed by atoms with E-state index in [-0.39, 0.29) is 5.75 Å². The van der Waals surface area contributed by atoms with Gasteiger partial charge in [-0.05, 0) is 84.0 Å². The Morgan fingerprint density at radius 1 is 0.879 bits per heavy atom. The zero-order valence-electron chi connectivity index (χ0n) is 21.2. The Morgan fingerprint density at radius 2 is 1.45 bits per heavy atom. The van der Waals surface area contributed by atoms with E-state index in [0.717, 1.165) is 46.6 Å². The number of nitrogens with two attached hydrogens (primary N) is 1. The Labute approximate surface area is 199 Å². The van der Waals surface area contributed by atoms with Gasteiger partial charge in [-0.2, -0.15) is 0 Å². The zero-order chi connectivity index (χ0) is 24.3. The van der Waals surface area contributed by atoms with Crippen molar-refractivity contribution in [1.82, 2.24) is 0 Å². The number of aryl methyl sites for hydroxylation is 2. The number of phenolic OH excluding ortho intramolecular Hbond substituents is 1. The van der Waals surface area contributed by atoms with Crippen LogP contribution in [0, 0.1) is 13.8 Å². The molecule has 0 radical (unpaired) electrons. The molecule has 3 aromatic carbocycles. The SMILES string of the molecule is CCC(=Nc1c(C)cc(Cc2cc(C)c(N)c(C(C)C)c2)cc1C(C)C)c1ccccc1O. The van der Waals surface area contributed by atoms with Gasteiger partial charge in [-0.25, -0.2) is 0 Å². The first-order valence-electron chi connectivity index (χ1n) is 12.0. The normalized spacial score (nSPS) is 12.1. The molecule has 0 amide bonds. The molecule has 0 aromatic heterocycles. The Balaban J connectivity index is 2.07. The molecular formula is C30H38N2O. The summed E-state index contributed by atoms with van der Waals surface area (Å²) in [5.41, 5.74) is 17.3. The molecule has 0 aliphatic carbocycles. The largest absolute Gasteiger partial charge is 0.507 e. The van der Waals surface area contributed by atoms with Crippen LogP contribution >= 0.6 is 0 Å². The highest BCUT2D eigenvalue weighted by Crippen LogP contribution is 2.35. The van der Waals surface area contributed by atoms with E-state index >= 15 is 0 Å².